The minimum atomic E-state index is 0.931. The molecule has 0 spiro atoms. The van der Waals surface area contributed by atoms with Gasteiger partial charge in [-0.3, -0.25) is 0 Å². The van der Waals surface area contributed by atoms with Gasteiger partial charge in [0.15, 0.2) is 0 Å². The van der Waals surface area contributed by atoms with E-state index in [1.165, 1.54) is 0 Å². The van der Waals surface area contributed by atoms with Gasteiger partial charge in [0.1, 0.15) is 6.26 Å². The molecule has 12 heavy (non-hydrogen) atoms. The Morgan fingerprint density at radius 1 is 1.17 bits per heavy atom. The van der Waals surface area contributed by atoms with E-state index in [-0.39, 0.29) is 0 Å². The van der Waals surface area contributed by atoms with Crippen LogP contribution in [0.15, 0.2) is 42.7 Å². The average molecular weight is 161 g/mol. The lowest BCUT2D eigenvalue weighted by atomic mass is 10.3. The van der Waals surface area contributed by atoms with Gasteiger partial charge < -0.3 is 4.84 Å². The molecule has 0 atom stereocenters. The van der Waals surface area contributed by atoms with Crippen molar-refractivity contribution in [3.8, 4) is 0 Å². The topological polar surface area (TPSA) is 12.5 Å². The molecule has 0 saturated carbocycles. The van der Waals surface area contributed by atoms with Crippen molar-refractivity contribution in [3.05, 3.63) is 42.7 Å². The van der Waals surface area contributed by atoms with Crippen LogP contribution in [0.5, 0.6) is 0 Å². The molecule has 2 rings (SSSR count). The highest BCUT2D eigenvalue weighted by Crippen LogP contribution is 2.16. The molecule has 1 heterocycles. The number of hydrogen-bond acceptors (Lipinski definition) is 2. The summed E-state index contributed by atoms with van der Waals surface area (Å²) in [6.45, 7) is 0.931. The fourth-order valence-electron chi connectivity index (χ4n) is 1.21. The van der Waals surface area contributed by atoms with Crippen LogP contribution in [0.1, 0.15) is 6.42 Å². The van der Waals surface area contributed by atoms with Crippen molar-refractivity contribution in [3.63, 3.8) is 0 Å². The largest absolute Gasteiger partial charge is 0.388 e. The summed E-state index contributed by atoms with van der Waals surface area (Å²) in [4.78, 5) is 5.32. The van der Waals surface area contributed by atoms with Crippen molar-refractivity contribution in [2.24, 2.45) is 0 Å². The van der Waals surface area contributed by atoms with Crippen LogP contribution in [0.4, 0.5) is 5.69 Å². The highest BCUT2D eigenvalue weighted by molar-refractivity contribution is 5.43. The molecule has 1 aromatic carbocycles. The fourth-order valence-corrected chi connectivity index (χ4v) is 1.21. The van der Waals surface area contributed by atoms with Crippen LogP contribution in [-0.2, 0) is 4.84 Å². The molecule has 2 nitrogen and oxygen atoms in total. The summed E-state index contributed by atoms with van der Waals surface area (Å²) < 4.78 is 0. The van der Waals surface area contributed by atoms with Crippen LogP contribution in [0.25, 0.3) is 0 Å². The summed E-state index contributed by atoms with van der Waals surface area (Å²) >= 11 is 0. The number of nitrogens with zero attached hydrogens (tertiary/aromatic N) is 1. The number of hydrogen-bond donors (Lipinski definition) is 0. The highest BCUT2D eigenvalue weighted by Gasteiger charge is 2.06. The van der Waals surface area contributed by atoms with E-state index in [1.54, 1.807) is 6.26 Å². The van der Waals surface area contributed by atoms with Gasteiger partial charge >= 0.3 is 0 Å². The molecule has 1 aliphatic rings. The van der Waals surface area contributed by atoms with E-state index >= 15 is 0 Å². The Morgan fingerprint density at radius 2 is 2.00 bits per heavy atom. The first-order valence-corrected chi connectivity index (χ1v) is 4.11. The zero-order valence-corrected chi connectivity index (χ0v) is 6.81. The maximum atomic E-state index is 5.32. The van der Waals surface area contributed by atoms with E-state index in [2.05, 4.69) is 0 Å². The van der Waals surface area contributed by atoms with Crippen molar-refractivity contribution in [1.29, 1.82) is 0 Å². The lowest BCUT2D eigenvalue weighted by molar-refractivity contribution is 0.203. The van der Waals surface area contributed by atoms with Gasteiger partial charge in [-0.05, 0) is 24.6 Å². The maximum absolute atomic E-state index is 5.32. The van der Waals surface area contributed by atoms with E-state index in [1.807, 2.05) is 41.5 Å². The van der Waals surface area contributed by atoms with E-state index in [4.69, 9.17) is 4.84 Å². The van der Waals surface area contributed by atoms with Crippen molar-refractivity contribution >= 4 is 5.69 Å². The van der Waals surface area contributed by atoms with Crippen LogP contribution >= 0.6 is 0 Å². The molecular formula is C10H11NO. The van der Waals surface area contributed by atoms with E-state index in [9.17, 15) is 0 Å². The van der Waals surface area contributed by atoms with E-state index in [0.29, 0.717) is 0 Å². The van der Waals surface area contributed by atoms with Crippen molar-refractivity contribution in [2.45, 2.75) is 6.42 Å². The minimum Gasteiger partial charge on any atom is -0.388 e. The Kier molecular flexibility index (Phi) is 1.99. The number of hydroxylamine groups is 1. The van der Waals surface area contributed by atoms with Crippen LogP contribution in [0.3, 0.4) is 0 Å². The van der Waals surface area contributed by atoms with Gasteiger partial charge in [0.05, 0.1) is 12.2 Å². The summed E-state index contributed by atoms with van der Waals surface area (Å²) in [5.74, 6) is 0. The molecule has 0 amide bonds. The predicted octanol–water partition coefficient (Wildman–Crippen LogP) is 2.34. The molecule has 1 aromatic rings. The third-order valence-electron chi connectivity index (χ3n) is 1.83. The summed E-state index contributed by atoms with van der Waals surface area (Å²) in [6.07, 6.45) is 4.81. The zero-order chi connectivity index (χ0) is 8.23. The van der Waals surface area contributed by atoms with Gasteiger partial charge in [0, 0.05) is 0 Å². The van der Waals surface area contributed by atoms with Crippen molar-refractivity contribution < 1.29 is 4.84 Å². The molecule has 0 aromatic heterocycles. The van der Waals surface area contributed by atoms with E-state index in [0.717, 1.165) is 18.7 Å². The first kappa shape index (κ1) is 7.22. The second-order valence-corrected chi connectivity index (χ2v) is 2.70. The van der Waals surface area contributed by atoms with Gasteiger partial charge in [-0.2, -0.15) is 0 Å². The Bertz CT molecular complexity index is 268. The predicted molar refractivity (Wildman–Crippen MR) is 48.6 cm³/mol. The zero-order valence-electron chi connectivity index (χ0n) is 6.81. The third kappa shape index (κ3) is 1.42. The van der Waals surface area contributed by atoms with Gasteiger partial charge in [-0.1, -0.05) is 18.2 Å². The van der Waals surface area contributed by atoms with Crippen LogP contribution in [0.2, 0.25) is 0 Å². The van der Waals surface area contributed by atoms with Gasteiger partial charge in [0.25, 0.3) is 0 Å². The number of rotatable bonds is 1. The Labute approximate surface area is 72.0 Å². The Morgan fingerprint density at radius 3 is 2.67 bits per heavy atom. The summed E-state index contributed by atoms with van der Waals surface area (Å²) in [5, 5.41) is 1.89. The maximum Gasteiger partial charge on any atom is 0.115 e. The van der Waals surface area contributed by atoms with Crippen LogP contribution in [-0.4, -0.2) is 6.54 Å². The van der Waals surface area contributed by atoms with Gasteiger partial charge in [-0.15, -0.1) is 0 Å². The van der Waals surface area contributed by atoms with Crippen molar-refractivity contribution in [1.82, 2.24) is 0 Å². The molecule has 0 radical (unpaired) electrons. The SMILES string of the molecule is C1=CON(c2ccccc2)CC1. The van der Waals surface area contributed by atoms with Gasteiger partial charge in [0.2, 0.25) is 0 Å². The number of anilines is 1. The molecule has 0 unspecified atom stereocenters. The molecular weight excluding hydrogens is 150 g/mol. The Balaban J connectivity index is 2.15. The first-order valence-electron chi connectivity index (χ1n) is 4.11. The fraction of sp³-hybridized carbons (Fsp3) is 0.200. The number of benzene rings is 1. The second-order valence-electron chi connectivity index (χ2n) is 2.70. The normalized spacial score (nSPS) is 15.8. The molecule has 2 heteroatoms. The lowest BCUT2D eigenvalue weighted by Gasteiger charge is -2.24. The molecule has 0 bridgehead atoms. The van der Waals surface area contributed by atoms with Crippen LogP contribution in [0, 0.1) is 0 Å². The Hall–Kier alpha value is -1.44. The summed E-state index contributed by atoms with van der Waals surface area (Å²) in [6, 6.07) is 10.1. The minimum absolute atomic E-state index is 0.931. The molecule has 0 fully saturated rings. The number of para-hydroxylation sites is 1. The lowest BCUT2D eigenvalue weighted by Crippen LogP contribution is -2.24. The third-order valence-corrected chi connectivity index (χ3v) is 1.83. The monoisotopic (exact) mass is 161 g/mol. The highest BCUT2D eigenvalue weighted by atomic mass is 16.7. The van der Waals surface area contributed by atoms with Crippen molar-refractivity contribution in [2.75, 3.05) is 11.6 Å². The standard InChI is InChI=1S/C10H11NO/c1-2-6-10(7-3-1)11-8-4-5-9-12-11/h1-3,5-7,9H,4,8H2. The summed E-state index contributed by atoms with van der Waals surface area (Å²) in [7, 11) is 0. The molecule has 1 aliphatic heterocycles. The average Bonchev–Trinajstić information content (AvgIpc) is 2.21. The van der Waals surface area contributed by atoms with Crippen LogP contribution < -0.4 is 5.06 Å². The second kappa shape index (κ2) is 3.30. The van der Waals surface area contributed by atoms with Gasteiger partial charge in [-0.25, -0.2) is 5.06 Å². The smallest absolute Gasteiger partial charge is 0.115 e. The quantitative estimate of drug-likeness (QED) is 0.626. The molecule has 62 valence electrons. The summed E-state index contributed by atoms with van der Waals surface area (Å²) in [5.41, 5.74) is 1.11. The van der Waals surface area contributed by atoms with E-state index < -0.39 is 0 Å². The molecule has 0 N–H and O–H groups in total. The first-order chi connectivity index (χ1) is 5.97. The molecule has 0 saturated heterocycles. The molecule has 0 aliphatic carbocycles.